The van der Waals surface area contributed by atoms with Gasteiger partial charge in [-0.3, -0.25) is 0 Å². The lowest BCUT2D eigenvalue weighted by Crippen LogP contribution is -1.88. The molecular weight excluding hydrogens is 270 g/mol. The maximum Gasteiger partial charge on any atom is 0.118 e. The number of rotatable bonds is 4. The van der Waals surface area contributed by atoms with Crippen molar-refractivity contribution >= 4 is 17.0 Å². The molecule has 0 radical (unpaired) electrons. The molecule has 3 rings (SSSR count). The Labute approximate surface area is 131 Å². The summed E-state index contributed by atoms with van der Waals surface area (Å²) < 4.78 is 7.39. The van der Waals surface area contributed by atoms with E-state index in [9.17, 15) is 0 Å². The van der Waals surface area contributed by atoms with Crippen LogP contribution in [0.25, 0.3) is 17.0 Å². The first kappa shape index (κ1) is 14.5. The first-order valence-electron chi connectivity index (χ1n) is 7.55. The molecular formula is C20H21NO. The molecule has 0 spiro atoms. The molecule has 3 aromatic rings. The second-order valence-electron chi connectivity index (χ2n) is 5.63. The highest BCUT2D eigenvalue weighted by molar-refractivity contribution is 5.84. The van der Waals surface area contributed by atoms with Gasteiger partial charge in [0.25, 0.3) is 0 Å². The molecule has 0 aliphatic heterocycles. The third-order valence-corrected chi connectivity index (χ3v) is 4.11. The Bertz CT molecular complexity index is 796. The molecule has 0 saturated heterocycles. The third-order valence-electron chi connectivity index (χ3n) is 4.11. The Balaban J connectivity index is 1.86. The quantitative estimate of drug-likeness (QED) is 0.659. The van der Waals surface area contributed by atoms with Crippen molar-refractivity contribution in [2.75, 3.05) is 7.11 Å². The minimum absolute atomic E-state index is 0.369. The maximum absolute atomic E-state index is 5.19. The second-order valence-corrected chi connectivity index (χ2v) is 5.63. The van der Waals surface area contributed by atoms with Crippen LogP contribution in [0, 0.1) is 0 Å². The van der Waals surface area contributed by atoms with Gasteiger partial charge in [0.05, 0.1) is 7.11 Å². The highest BCUT2D eigenvalue weighted by atomic mass is 16.5. The van der Waals surface area contributed by atoms with Gasteiger partial charge in [0.1, 0.15) is 5.75 Å². The summed E-state index contributed by atoms with van der Waals surface area (Å²) in [5.41, 5.74) is 3.83. The predicted octanol–water partition coefficient (Wildman–Crippen LogP) is 5.00. The normalized spacial score (nSPS) is 12.9. The summed E-state index contributed by atoms with van der Waals surface area (Å²) >= 11 is 0. The van der Waals surface area contributed by atoms with Crippen LogP contribution in [0.4, 0.5) is 0 Å². The van der Waals surface area contributed by atoms with Gasteiger partial charge >= 0.3 is 0 Å². The molecule has 1 unspecified atom stereocenters. The van der Waals surface area contributed by atoms with Crippen LogP contribution < -0.4 is 4.74 Å². The molecule has 0 aliphatic carbocycles. The molecule has 2 nitrogen and oxygen atoms in total. The van der Waals surface area contributed by atoms with E-state index in [1.165, 1.54) is 22.0 Å². The predicted molar refractivity (Wildman–Crippen MR) is 93.4 cm³/mol. The molecule has 0 N–H and O–H groups in total. The zero-order valence-corrected chi connectivity index (χ0v) is 13.3. The zero-order valence-electron chi connectivity index (χ0n) is 13.3. The molecule has 112 valence electrons. The number of fused-ring (bicyclic) bond motifs is 1. The summed E-state index contributed by atoms with van der Waals surface area (Å²) in [5, 5.41) is 1.33. The molecule has 0 bridgehead atoms. The number of benzene rings is 2. The SMILES string of the molecule is COc1ccc(/C=C/C(C)c2cn(C)c3ccccc23)cc1. The summed E-state index contributed by atoms with van der Waals surface area (Å²) in [5.74, 6) is 1.26. The van der Waals surface area contributed by atoms with E-state index in [1.807, 2.05) is 12.1 Å². The van der Waals surface area contributed by atoms with Gasteiger partial charge in [-0.15, -0.1) is 0 Å². The van der Waals surface area contributed by atoms with E-state index in [0.29, 0.717) is 5.92 Å². The van der Waals surface area contributed by atoms with Crippen LogP contribution >= 0.6 is 0 Å². The molecule has 1 heterocycles. The number of hydrogen-bond donors (Lipinski definition) is 0. The number of methoxy groups -OCH3 is 1. The molecule has 0 fully saturated rings. The number of hydrogen-bond acceptors (Lipinski definition) is 1. The van der Waals surface area contributed by atoms with Crippen LogP contribution in [-0.4, -0.2) is 11.7 Å². The van der Waals surface area contributed by atoms with Gasteiger partial charge < -0.3 is 9.30 Å². The lowest BCUT2D eigenvalue weighted by Gasteiger charge is -2.05. The Morgan fingerprint density at radius 3 is 2.50 bits per heavy atom. The number of nitrogens with zero attached hydrogens (tertiary/aromatic N) is 1. The maximum atomic E-state index is 5.19. The van der Waals surface area contributed by atoms with Crippen LogP contribution in [0.3, 0.4) is 0 Å². The van der Waals surface area contributed by atoms with Crippen LogP contribution in [0.15, 0.2) is 60.8 Å². The van der Waals surface area contributed by atoms with E-state index >= 15 is 0 Å². The topological polar surface area (TPSA) is 14.2 Å². The Hall–Kier alpha value is -2.48. The van der Waals surface area contributed by atoms with Crippen molar-refractivity contribution in [2.24, 2.45) is 7.05 Å². The van der Waals surface area contributed by atoms with Gasteiger partial charge in [0.2, 0.25) is 0 Å². The van der Waals surface area contributed by atoms with E-state index in [1.54, 1.807) is 7.11 Å². The van der Waals surface area contributed by atoms with Crippen LogP contribution in [-0.2, 0) is 7.05 Å². The van der Waals surface area contributed by atoms with Crippen molar-refractivity contribution in [3.63, 3.8) is 0 Å². The van der Waals surface area contributed by atoms with Gasteiger partial charge in [-0.2, -0.15) is 0 Å². The Morgan fingerprint density at radius 2 is 1.77 bits per heavy atom. The summed E-state index contributed by atoms with van der Waals surface area (Å²) in [7, 11) is 3.79. The lowest BCUT2D eigenvalue weighted by atomic mass is 9.99. The zero-order chi connectivity index (χ0) is 15.5. The Morgan fingerprint density at radius 1 is 1.05 bits per heavy atom. The van der Waals surface area contributed by atoms with Gasteiger partial charge in [0.15, 0.2) is 0 Å². The van der Waals surface area contributed by atoms with E-state index in [0.717, 1.165) is 5.75 Å². The van der Waals surface area contributed by atoms with Crippen molar-refractivity contribution in [2.45, 2.75) is 12.8 Å². The largest absolute Gasteiger partial charge is 0.497 e. The summed E-state index contributed by atoms with van der Waals surface area (Å²) in [4.78, 5) is 0. The Kier molecular flexibility index (Phi) is 4.01. The van der Waals surface area contributed by atoms with Crippen LogP contribution in [0.1, 0.15) is 24.0 Å². The molecule has 22 heavy (non-hydrogen) atoms. The van der Waals surface area contributed by atoms with E-state index in [4.69, 9.17) is 4.74 Å². The van der Waals surface area contributed by atoms with E-state index in [-0.39, 0.29) is 0 Å². The molecule has 0 aliphatic rings. The van der Waals surface area contributed by atoms with Crippen molar-refractivity contribution < 1.29 is 4.74 Å². The van der Waals surface area contributed by atoms with Gasteiger partial charge in [-0.1, -0.05) is 49.4 Å². The summed E-state index contributed by atoms with van der Waals surface area (Å²) in [6.07, 6.45) is 6.66. The smallest absolute Gasteiger partial charge is 0.118 e. The van der Waals surface area contributed by atoms with Crippen LogP contribution in [0.2, 0.25) is 0 Å². The lowest BCUT2D eigenvalue weighted by molar-refractivity contribution is 0.415. The molecule has 0 saturated carbocycles. The summed E-state index contributed by atoms with van der Waals surface area (Å²) in [6, 6.07) is 16.7. The van der Waals surface area contributed by atoms with Gasteiger partial charge in [-0.25, -0.2) is 0 Å². The first-order valence-corrected chi connectivity index (χ1v) is 7.55. The van der Waals surface area contributed by atoms with Gasteiger partial charge in [0, 0.05) is 30.1 Å². The standard InChI is InChI=1S/C20H21NO/c1-15(8-9-16-10-12-17(22-3)13-11-16)19-14-21(2)20-7-5-4-6-18(19)20/h4-15H,1-3H3/b9-8+. The van der Waals surface area contributed by atoms with Crippen LogP contribution in [0.5, 0.6) is 5.75 Å². The second kappa shape index (κ2) is 6.10. The van der Waals surface area contributed by atoms with Crippen molar-refractivity contribution in [1.82, 2.24) is 4.57 Å². The fourth-order valence-corrected chi connectivity index (χ4v) is 2.81. The third kappa shape index (κ3) is 2.77. The molecule has 2 aromatic carbocycles. The van der Waals surface area contributed by atoms with E-state index in [2.05, 4.69) is 73.3 Å². The van der Waals surface area contributed by atoms with E-state index < -0.39 is 0 Å². The molecule has 0 amide bonds. The minimum atomic E-state index is 0.369. The molecule has 2 heteroatoms. The van der Waals surface area contributed by atoms with Crippen molar-refractivity contribution in [3.8, 4) is 5.75 Å². The fraction of sp³-hybridized carbons (Fsp3) is 0.200. The summed E-state index contributed by atoms with van der Waals surface area (Å²) in [6.45, 7) is 2.24. The number of ether oxygens (including phenoxy) is 1. The highest BCUT2D eigenvalue weighted by Gasteiger charge is 2.10. The average Bonchev–Trinajstić information content (AvgIpc) is 2.91. The number of aryl methyl sites for hydroxylation is 1. The fourth-order valence-electron chi connectivity index (χ4n) is 2.81. The minimum Gasteiger partial charge on any atom is -0.497 e. The first-order chi connectivity index (χ1) is 10.7. The van der Waals surface area contributed by atoms with Gasteiger partial charge in [-0.05, 0) is 29.3 Å². The number of para-hydroxylation sites is 1. The van der Waals surface area contributed by atoms with Crippen molar-refractivity contribution in [3.05, 3.63) is 71.9 Å². The number of aromatic nitrogens is 1. The molecule has 1 atom stereocenters. The number of allylic oxidation sites excluding steroid dienone is 1. The molecule has 1 aromatic heterocycles. The monoisotopic (exact) mass is 291 g/mol. The van der Waals surface area contributed by atoms with Crippen molar-refractivity contribution in [1.29, 1.82) is 0 Å². The average molecular weight is 291 g/mol. The highest BCUT2D eigenvalue weighted by Crippen LogP contribution is 2.28.